The topological polar surface area (TPSA) is 43.4 Å². The lowest BCUT2D eigenvalue weighted by atomic mass is 9.70. The van der Waals surface area contributed by atoms with Gasteiger partial charge in [-0.1, -0.05) is 32.0 Å². The van der Waals surface area contributed by atoms with E-state index < -0.39 is 0 Å². The Morgan fingerprint density at radius 2 is 1.81 bits per heavy atom. The number of hydrogen-bond donors (Lipinski definition) is 0. The minimum Gasteiger partial charge on any atom is -0.461 e. The fourth-order valence-electron chi connectivity index (χ4n) is 4.06. The summed E-state index contributed by atoms with van der Waals surface area (Å²) in [6.45, 7) is 4.11. The molecule has 4 heteroatoms. The molecular formula is C23H21FO3. The molecule has 0 bridgehead atoms. The molecule has 0 fully saturated rings. The number of fused-ring (bicyclic) bond motifs is 1. The number of rotatable bonds is 3. The fraction of sp³-hybridized carbons (Fsp3) is 0.304. The van der Waals surface area contributed by atoms with E-state index in [0.29, 0.717) is 35.5 Å². The van der Waals surface area contributed by atoms with Gasteiger partial charge in [-0.25, -0.2) is 4.39 Å². The van der Waals surface area contributed by atoms with Gasteiger partial charge in [0.05, 0.1) is 0 Å². The van der Waals surface area contributed by atoms with Crippen LogP contribution in [0.2, 0.25) is 0 Å². The Kier molecular flexibility index (Phi) is 4.22. The molecule has 0 radical (unpaired) electrons. The molecule has 1 aliphatic carbocycles. The Bertz CT molecular complexity index is 954. The number of ether oxygens (including phenoxy) is 1. The molecule has 0 saturated carbocycles. The zero-order valence-corrected chi connectivity index (χ0v) is 15.4. The lowest BCUT2D eigenvalue weighted by molar-refractivity contribution is -0.118. The molecule has 1 unspecified atom stereocenters. The van der Waals surface area contributed by atoms with E-state index in [1.54, 1.807) is 0 Å². The van der Waals surface area contributed by atoms with Gasteiger partial charge in [0.1, 0.15) is 17.3 Å². The van der Waals surface area contributed by atoms with E-state index in [0.717, 1.165) is 5.56 Å². The number of halogens is 1. The van der Waals surface area contributed by atoms with Crippen LogP contribution in [0, 0.1) is 11.2 Å². The molecule has 2 aromatic rings. The Hall–Kier alpha value is -2.75. The smallest absolute Gasteiger partial charge is 0.163 e. The van der Waals surface area contributed by atoms with Crippen LogP contribution < -0.4 is 4.74 Å². The van der Waals surface area contributed by atoms with E-state index in [1.165, 1.54) is 24.3 Å². The van der Waals surface area contributed by atoms with E-state index in [-0.39, 0.29) is 35.1 Å². The van der Waals surface area contributed by atoms with Crippen molar-refractivity contribution in [3.05, 3.63) is 76.8 Å². The number of ketones is 2. The summed E-state index contributed by atoms with van der Waals surface area (Å²) in [5, 5.41) is 0. The Morgan fingerprint density at radius 1 is 1.11 bits per heavy atom. The van der Waals surface area contributed by atoms with Crippen molar-refractivity contribution in [1.29, 1.82) is 0 Å². The highest BCUT2D eigenvalue weighted by atomic mass is 19.1. The van der Waals surface area contributed by atoms with E-state index in [2.05, 4.69) is 13.8 Å². The highest BCUT2D eigenvalue weighted by molar-refractivity contribution is 6.02. The molecule has 2 aromatic carbocycles. The van der Waals surface area contributed by atoms with Crippen molar-refractivity contribution in [1.82, 2.24) is 0 Å². The van der Waals surface area contributed by atoms with E-state index in [1.807, 2.05) is 24.3 Å². The van der Waals surface area contributed by atoms with E-state index >= 15 is 0 Å². The molecule has 1 aliphatic heterocycles. The first-order chi connectivity index (χ1) is 12.8. The van der Waals surface area contributed by atoms with Gasteiger partial charge in [0, 0.05) is 41.9 Å². The standard InChI is InChI=1S/C23H21FO3/c1-23(2)12-19(26)22-17(11-18(25)14-7-9-15(24)10-8-14)16-5-3-4-6-20(16)27-21(22)13-23/h3-10,17H,11-13H2,1-2H3. The molecule has 0 amide bonds. The van der Waals surface area contributed by atoms with Crippen LogP contribution in [-0.4, -0.2) is 11.6 Å². The maximum Gasteiger partial charge on any atom is 0.163 e. The molecule has 3 nitrogen and oxygen atoms in total. The van der Waals surface area contributed by atoms with Crippen LogP contribution in [-0.2, 0) is 4.79 Å². The molecule has 0 aromatic heterocycles. The normalized spacial score (nSPS) is 20.6. The minimum atomic E-state index is -0.377. The summed E-state index contributed by atoms with van der Waals surface area (Å²) in [5.74, 6) is 0.628. The predicted octanol–water partition coefficient (Wildman–Crippen LogP) is 5.22. The number of carbonyl (C=O) groups excluding carboxylic acids is 2. The zero-order chi connectivity index (χ0) is 19.2. The average Bonchev–Trinajstić information content (AvgIpc) is 2.60. The predicted molar refractivity (Wildman–Crippen MR) is 100 cm³/mol. The Balaban J connectivity index is 1.74. The molecule has 1 atom stereocenters. The molecule has 1 heterocycles. The van der Waals surface area contributed by atoms with Crippen LogP contribution in [0.4, 0.5) is 4.39 Å². The van der Waals surface area contributed by atoms with Crippen LogP contribution in [0.1, 0.15) is 54.9 Å². The van der Waals surface area contributed by atoms with Crippen LogP contribution in [0.3, 0.4) is 0 Å². The second-order valence-corrected chi connectivity index (χ2v) is 8.10. The quantitative estimate of drug-likeness (QED) is 0.702. The van der Waals surface area contributed by atoms with Crippen LogP contribution in [0.15, 0.2) is 59.9 Å². The maximum atomic E-state index is 13.2. The number of hydrogen-bond acceptors (Lipinski definition) is 3. The van der Waals surface area contributed by atoms with Crippen molar-refractivity contribution in [3.63, 3.8) is 0 Å². The first kappa shape index (κ1) is 17.7. The van der Waals surface area contributed by atoms with Gasteiger partial charge in [-0.05, 0) is 35.7 Å². The fourth-order valence-corrected chi connectivity index (χ4v) is 4.06. The lowest BCUT2D eigenvalue weighted by Crippen LogP contribution is -2.33. The maximum absolute atomic E-state index is 13.2. The summed E-state index contributed by atoms with van der Waals surface area (Å²) in [6.07, 6.45) is 1.28. The van der Waals surface area contributed by atoms with Crippen LogP contribution >= 0.6 is 0 Å². The van der Waals surface area contributed by atoms with Gasteiger partial charge in [0.2, 0.25) is 0 Å². The lowest BCUT2D eigenvalue weighted by Gasteiger charge is -2.38. The van der Waals surface area contributed by atoms with Crippen molar-refractivity contribution < 1.29 is 18.7 Å². The third kappa shape index (κ3) is 3.32. The first-order valence-electron chi connectivity index (χ1n) is 9.16. The summed E-state index contributed by atoms with van der Waals surface area (Å²) in [7, 11) is 0. The number of benzene rings is 2. The minimum absolute atomic E-state index is 0.0488. The largest absolute Gasteiger partial charge is 0.461 e. The molecule has 0 saturated heterocycles. The molecule has 138 valence electrons. The summed E-state index contributed by atoms with van der Waals surface area (Å²) in [5.41, 5.74) is 1.78. The third-order valence-corrected chi connectivity index (χ3v) is 5.31. The van der Waals surface area contributed by atoms with Crippen molar-refractivity contribution in [3.8, 4) is 5.75 Å². The van der Waals surface area contributed by atoms with Crippen molar-refractivity contribution in [2.45, 2.75) is 39.0 Å². The summed E-state index contributed by atoms with van der Waals surface area (Å²) >= 11 is 0. The summed E-state index contributed by atoms with van der Waals surface area (Å²) in [4.78, 5) is 25.8. The highest BCUT2D eigenvalue weighted by Gasteiger charge is 2.41. The number of allylic oxidation sites excluding steroid dienone is 2. The van der Waals surface area contributed by atoms with Gasteiger partial charge in [-0.3, -0.25) is 9.59 Å². The summed E-state index contributed by atoms with van der Waals surface area (Å²) < 4.78 is 19.2. The first-order valence-corrected chi connectivity index (χ1v) is 9.16. The van der Waals surface area contributed by atoms with Crippen LogP contribution in [0.5, 0.6) is 5.75 Å². The van der Waals surface area contributed by atoms with E-state index in [9.17, 15) is 14.0 Å². The Morgan fingerprint density at radius 3 is 2.56 bits per heavy atom. The summed E-state index contributed by atoms with van der Waals surface area (Å²) in [6, 6.07) is 13.1. The van der Waals surface area contributed by atoms with Crippen molar-refractivity contribution in [2.75, 3.05) is 0 Å². The molecular weight excluding hydrogens is 343 g/mol. The number of carbonyl (C=O) groups is 2. The second kappa shape index (κ2) is 6.45. The molecule has 0 spiro atoms. The molecule has 2 aliphatic rings. The average molecular weight is 364 g/mol. The van der Waals surface area contributed by atoms with Gasteiger partial charge in [-0.15, -0.1) is 0 Å². The molecule has 27 heavy (non-hydrogen) atoms. The second-order valence-electron chi connectivity index (χ2n) is 8.10. The van der Waals surface area contributed by atoms with E-state index in [4.69, 9.17) is 4.74 Å². The Labute approximate surface area is 157 Å². The SMILES string of the molecule is CC1(C)CC(=O)C2=C(C1)Oc1ccccc1C2CC(=O)c1ccc(F)cc1. The van der Waals surface area contributed by atoms with Gasteiger partial charge in [0.15, 0.2) is 11.6 Å². The van der Waals surface area contributed by atoms with Crippen molar-refractivity contribution in [2.24, 2.45) is 5.41 Å². The number of Topliss-reactive ketones (excluding diaryl/α,β-unsaturated/α-hetero) is 2. The zero-order valence-electron chi connectivity index (χ0n) is 15.4. The van der Waals surface area contributed by atoms with Crippen LogP contribution in [0.25, 0.3) is 0 Å². The van der Waals surface area contributed by atoms with Gasteiger partial charge in [-0.2, -0.15) is 0 Å². The molecule has 4 rings (SSSR count). The monoisotopic (exact) mass is 364 g/mol. The van der Waals surface area contributed by atoms with Crippen molar-refractivity contribution >= 4 is 11.6 Å². The highest BCUT2D eigenvalue weighted by Crippen LogP contribution is 2.48. The number of para-hydroxylation sites is 1. The van der Waals surface area contributed by atoms with Gasteiger partial charge < -0.3 is 4.74 Å². The molecule has 0 N–H and O–H groups in total. The third-order valence-electron chi connectivity index (χ3n) is 5.31. The van der Waals surface area contributed by atoms with Gasteiger partial charge >= 0.3 is 0 Å². The van der Waals surface area contributed by atoms with Gasteiger partial charge in [0.25, 0.3) is 0 Å².